The third-order valence-corrected chi connectivity index (χ3v) is 6.12. The van der Waals surface area contributed by atoms with Gasteiger partial charge in [0.05, 0.1) is 25.3 Å². The molecule has 2 heterocycles. The van der Waals surface area contributed by atoms with Crippen LogP contribution in [0.4, 0.5) is 11.4 Å². The van der Waals surface area contributed by atoms with Gasteiger partial charge in [-0.2, -0.15) is 0 Å². The molecule has 0 bridgehead atoms. The van der Waals surface area contributed by atoms with Crippen LogP contribution in [0.5, 0.6) is 5.75 Å². The zero-order chi connectivity index (χ0) is 23.6. The fourth-order valence-electron chi connectivity index (χ4n) is 4.40. The van der Waals surface area contributed by atoms with Gasteiger partial charge >= 0.3 is 5.97 Å². The van der Waals surface area contributed by atoms with Gasteiger partial charge in [-0.15, -0.1) is 0 Å². The number of esters is 1. The molecule has 1 aromatic heterocycles. The number of nitrogens with zero attached hydrogens (tertiary/aromatic N) is 3. The number of anilines is 2. The van der Waals surface area contributed by atoms with Crippen LogP contribution >= 0.6 is 0 Å². The van der Waals surface area contributed by atoms with Crippen LogP contribution in [0.25, 0.3) is 0 Å². The Morgan fingerprint density at radius 3 is 2.32 bits per heavy atom. The van der Waals surface area contributed by atoms with Gasteiger partial charge in [0.1, 0.15) is 5.75 Å². The molecule has 1 unspecified atom stereocenters. The minimum Gasteiger partial charge on any atom is -0.491 e. The molecule has 1 aliphatic rings. The number of ether oxygens (including phenoxy) is 2. The zero-order valence-corrected chi connectivity index (χ0v) is 19.8. The summed E-state index contributed by atoms with van der Waals surface area (Å²) in [7, 11) is 0. The van der Waals surface area contributed by atoms with Crippen molar-refractivity contribution in [1.82, 2.24) is 4.98 Å². The maximum absolute atomic E-state index is 12.2. The molecule has 1 aliphatic heterocycles. The Bertz CT molecular complexity index is 1020. The summed E-state index contributed by atoms with van der Waals surface area (Å²) in [6.45, 7) is 6.41. The molecular weight excluding hydrogens is 426 g/mol. The van der Waals surface area contributed by atoms with Gasteiger partial charge in [0.2, 0.25) is 0 Å². The summed E-state index contributed by atoms with van der Waals surface area (Å²) in [6.07, 6.45) is 4.79. The number of pyridine rings is 1. The number of piperazine rings is 1. The summed E-state index contributed by atoms with van der Waals surface area (Å²) in [4.78, 5) is 21.1. The Hall–Kier alpha value is -3.54. The Balaban J connectivity index is 1.40. The number of hydrogen-bond donors (Lipinski definition) is 0. The summed E-state index contributed by atoms with van der Waals surface area (Å²) in [5.41, 5.74) is 3.51. The van der Waals surface area contributed by atoms with Crippen LogP contribution in [0.2, 0.25) is 0 Å². The third-order valence-electron chi connectivity index (χ3n) is 6.12. The molecule has 0 N–H and O–H groups in total. The van der Waals surface area contributed by atoms with Gasteiger partial charge in [-0.1, -0.05) is 42.5 Å². The molecule has 1 saturated heterocycles. The van der Waals surface area contributed by atoms with E-state index in [4.69, 9.17) is 9.47 Å². The lowest BCUT2D eigenvalue weighted by Gasteiger charge is -2.38. The van der Waals surface area contributed by atoms with E-state index in [1.807, 2.05) is 49.6 Å². The van der Waals surface area contributed by atoms with Crippen LogP contribution in [-0.2, 0) is 16.0 Å². The van der Waals surface area contributed by atoms with Crippen LogP contribution in [0.1, 0.15) is 18.9 Å². The van der Waals surface area contributed by atoms with Crippen molar-refractivity contribution in [2.24, 2.45) is 5.92 Å². The van der Waals surface area contributed by atoms with E-state index < -0.39 is 0 Å². The second kappa shape index (κ2) is 12.1. The van der Waals surface area contributed by atoms with Gasteiger partial charge in [-0.25, -0.2) is 0 Å². The van der Waals surface area contributed by atoms with Crippen molar-refractivity contribution in [2.45, 2.75) is 19.8 Å². The number of hydrogen-bond acceptors (Lipinski definition) is 6. The van der Waals surface area contributed by atoms with E-state index in [2.05, 4.69) is 51.2 Å². The van der Waals surface area contributed by atoms with E-state index in [-0.39, 0.29) is 11.9 Å². The van der Waals surface area contributed by atoms with Crippen molar-refractivity contribution >= 4 is 17.3 Å². The van der Waals surface area contributed by atoms with Crippen molar-refractivity contribution in [3.05, 3.63) is 84.7 Å². The number of carbonyl (C=O) groups excluding carboxylic acids is 1. The highest BCUT2D eigenvalue weighted by Gasteiger charge is 2.21. The molecule has 4 rings (SSSR count). The molecule has 6 nitrogen and oxygen atoms in total. The lowest BCUT2D eigenvalue weighted by atomic mass is 9.97. The average molecular weight is 460 g/mol. The standard InChI is InChI=1S/C28H33N3O3/c1-2-33-28(32)21-24(20-23-8-4-3-5-9-23)22-34-27-11-7-6-10-26(27)31-18-16-30(17-19-31)25-12-14-29-15-13-25/h3-15,24H,2,16-22H2,1H3. The largest absolute Gasteiger partial charge is 0.491 e. The Kier molecular flexibility index (Phi) is 8.38. The second-order valence-electron chi connectivity index (χ2n) is 8.52. The number of benzene rings is 2. The van der Waals surface area contributed by atoms with Crippen molar-refractivity contribution < 1.29 is 14.3 Å². The Morgan fingerprint density at radius 1 is 0.912 bits per heavy atom. The number of carbonyl (C=O) groups is 1. The Labute approximate surface area is 202 Å². The summed E-state index contributed by atoms with van der Waals surface area (Å²) >= 11 is 0. The van der Waals surface area contributed by atoms with Crippen LogP contribution < -0.4 is 14.5 Å². The molecule has 1 fully saturated rings. The van der Waals surface area contributed by atoms with E-state index >= 15 is 0 Å². The first-order valence-corrected chi connectivity index (χ1v) is 12.0. The molecule has 2 aromatic carbocycles. The maximum Gasteiger partial charge on any atom is 0.306 e. The topological polar surface area (TPSA) is 54.9 Å². The predicted molar refractivity (Wildman–Crippen MR) is 135 cm³/mol. The van der Waals surface area contributed by atoms with Gasteiger partial charge in [0.15, 0.2) is 0 Å². The van der Waals surface area contributed by atoms with Crippen molar-refractivity contribution in [3.8, 4) is 5.75 Å². The molecule has 1 atom stereocenters. The zero-order valence-electron chi connectivity index (χ0n) is 19.8. The first-order chi connectivity index (χ1) is 16.7. The predicted octanol–water partition coefficient (Wildman–Crippen LogP) is 4.60. The molecule has 0 aliphatic carbocycles. The smallest absolute Gasteiger partial charge is 0.306 e. The summed E-state index contributed by atoms with van der Waals surface area (Å²) in [5.74, 6) is 0.729. The van der Waals surface area contributed by atoms with Gasteiger partial charge < -0.3 is 19.3 Å². The average Bonchev–Trinajstić information content (AvgIpc) is 2.89. The fraction of sp³-hybridized carbons (Fsp3) is 0.357. The molecule has 6 heteroatoms. The van der Waals surface area contributed by atoms with E-state index in [0.717, 1.165) is 44.0 Å². The summed E-state index contributed by atoms with van der Waals surface area (Å²) in [5, 5.41) is 0. The van der Waals surface area contributed by atoms with E-state index in [0.29, 0.717) is 19.6 Å². The third kappa shape index (κ3) is 6.50. The van der Waals surface area contributed by atoms with E-state index in [9.17, 15) is 4.79 Å². The van der Waals surface area contributed by atoms with Gasteiger partial charge in [0, 0.05) is 50.2 Å². The van der Waals surface area contributed by atoms with E-state index in [1.54, 1.807) is 0 Å². The lowest BCUT2D eigenvalue weighted by Crippen LogP contribution is -2.46. The first-order valence-electron chi connectivity index (χ1n) is 12.0. The quantitative estimate of drug-likeness (QED) is 0.413. The minimum absolute atomic E-state index is 0.0399. The fourth-order valence-corrected chi connectivity index (χ4v) is 4.40. The Morgan fingerprint density at radius 2 is 1.59 bits per heavy atom. The van der Waals surface area contributed by atoms with Gasteiger partial charge in [-0.05, 0) is 43.2 Å². The molecule has 0 radical (unpaired) electrons. The molecule has 34 heavy (non-hydrogen) atoms. The van der Waals surface area contributed by atoms with Crippen molar-refractivity contribution in [2.75, 3.05) is 49.2 Å². The molecule has 0 saturated carbocycles. The highest BCUT2D eigenvalue weighted by Crippen LogP contribution is 2.30. The molecule has 178 valence electrons. The van der Waals surface area contributed by atoms with Crippen molar-refractivity contribution in [1.29, 1.82) is 0 Å². The molecule has 0 amide bonds. The highest BCUT2D eigenvalue weighted by atomic mass is 16.5. The second-order valence-corrected chi connectivity index (χ2v) is 8.52. The van der Waals surface area contributed by atoms with Crippen LogP contribution in [0, 0.1) is 5.92 Å². The van der Waals surface area contributed by atoms with Crippen LogP contribution in [0.3, 0.4) is 0 Å². The van der Waals surface area contributed by atoms with Gasteiger partial charge in [0.25, 0.3) is 0 Å². The van der Waals surface area contributed by atoms with Crippen LogP contribution in [-0.4, -0.2) is 50.3 Å². The number of aromatic nitrogens is 1. The van der Waals surface area contributed by atoms with Gasteiger partial charge in [-0.3, -0.25) is 9.78 Å². The molecular formula is C28H33N3O3. The SMILES string of the molecule is CCOC(=O)CC(COc1ccccc1N1CCN(c2ccncc2)CC1)Cc1ccccc1. The van der Waals surface area contributed by atoms with E-state index in [1.165, 1.54) is 11.3 Å². The summed E-state index contributed by atoms with van der Waals surface area (Å²) < 4.78 is 11.6. The maximum atomic E-state index is 12.2. The monoisotopic (exact) mass is 459 g/mol. The molecule has 0 spiro atoms. The number of para-hydroxylation sites is 2. The normalized spacial score (nSPS) is 14.5. The highest BCUT2D eigenvalue weighted by molar-refractivity contribution is 5.69. The van der Waals surface area contributed by atoms with Crippen molar-refractivity contribution in [3.63, 3.8) is 0 Å². The lowest BCUT2D eigenvalue weighted by molar-refractivity contribution is -0.144. The summed E-state index contributed by atoms with van der Waals surface area (Å²) in [6, 6.07) is 22.6. The molecule has 3 aromatic rings. The van der Waals surface area contributed by atoms with Crippen LogP contribution in [0.15, 0.2) is 79.1 Å². The first kappa shape index (κ1) is 23.6. The minimum atomic E-state index is -0.174. The number of rotatable bonds is 10.